The number of sulfone groups is 1. The summed E-state index contributed by atoms with van der Waals surface area (Å²) in [5, 5.41) is 2.68. The highest BCUT2D eigenvalue weighted by Gasteiger charge is 2.24. The number of benzene rings is 1. The monoisotopic (exact) mass is 335 g/mol. The second kappa shape index (κ2) is 8.08. The number of carbonyl (C=O) groups is 1. The quantitative estimate of drug-likeness (QED) is 0.640. The number of amides is 1. The predicted molar refractivity (Wildman–Crippen MR) is 90.0 cm³/mol. The minimum atomic E-state index is -3.32. The summed E-state index contributed by atoms with van der Waals surface area (Å²) in [6, 6.07) is 6.24. The summed E-state index contributed by atoms with van der Waals surface area (Å²) in [4.78, 5) is 11.9. The Morgan fingerprint density at radius 3 is 2.65 bits per heavy atom. The molecule has 1 aliphatic heterocycles. The number of anilines is 1. The molecule has 1 aromatic rings. The maximum Gasteiger partial charge on any atom is 0.248 e. The van der Waals surface area contributed by atoms with Gasteiger partial charge in [0.2, 0.25) is 5.91 Å². The van der Waals surface area contributed by atoms with Crippen LogP contribution < -0.4 is 5.32 Å². The fourth-order valence-corrected chi connectivity index (χ4v) is 3.93. The molecule has 124 valence electrons. The molecule has 23 heavy (non-hydrogen) atoms. The molecule has 0 radical (unpaired) electrons. The number of carbonyl (C=O) groups excluding carboxylic acids is 1. The Bertz CT molecular complexity index is 684. The number of hydrogen-bond acceptors (Lipinski definition) is 4. The average Bonchev–Trinajstić information content (AvgIpc) is 3.00. The van der Waals surface area contributed by atoms with Crippen LogP contribution in [0.15, 0.2) is 53.5 Å². The van der Waals surface area contributed by atoms with Gasteiger partial charge in [-0.05, 0) is 43.5 Å². The van der Waals surface area contributed by atoms with Crippen molar-refractivity contribution in [3.63, 3.8) is 0 Å². The second-order valence-corrected chi connectivity index (χ2v) is 7.44. The number of rotatable bonds is 6. The molecule has 5 nitrogen and oxygen atoms in total. The lowest BCUT2D eigenvalue weighted by molar-refractivity contribution is -0.111. The van der Waals surface area contributed by atoms with E-state index in [1.165, 1.54) is 18.2 Å². The molecule has 1 fully saturated rings. The van der Waals surface area contributed by atoms with E-state index in [9.17, 15) is 13.2 Å². The first-order valence-corrected chi connectivity index (χ1v) is 9.17. The van der Waals surface area contributed by atoms with E-state index in [4.69, 9.17) is 4.74 Å². The average molecular weight is 335 g/mol. The first kappa shape index (κ1) is 17.4. The molecule has 0 spiro atoms. The topological polar surface area (TPSA) is 72.5 Å². The van der Waals surface area contributed by atoms with E-state index in [0.717, 1.165) is 6.42 Å². The molecule has 0 aromatic heterocycles. The lowest BCUT2D eigenvalue weighted by atomic mass is 10.2. The highest BCUT2D eigenvalue weighted by molar-refractivity contribution is 7.91. The fraction of sp³-hybridized carbons (Fsp3) is 0.353. The largest absolute Gasteiger partial charge is 0.381 e. The third-order valence-electron chi connectivity index (χ3n) is 3.51. The minimum absolute atomic E-state index is 0.0659. The molecule has 1 N–H and O–H groups in total. The van der Waals surface area contributed by atoms with Crippen LogP contribution in [0.5, 0.6) is 0 Å². The van der Waals surface area contributed by atoms with Gasteiger partial charge in [0.1, 0.15) is 0 Å². The molecule has 0 bridgehead atoms. The van der Waals surface area contributed by atoms with Crippen LogP contribution in [0, 0.1) is 5.92 Å². The Labute approximate surface area is 137 Å². The third kappa shape index (κ3) is 5.33. The van der Waals surface area contributed by atoms with E-state index in [1.807, 2.05) is 13.0 Å². The number of nitrogens with one attached hydrogen (secondary N) is 1. The van der Waals surface area contributed by atoms with E-state index < -0.39 is 9.84 Å². The Morgan fingerprint density at radius 2 is 2.04 bits per heavy atom. The molecule has 0 aliphatic carbocycles. The summed E-state index contributed by atoms with van der Waals surface area (Å²) in [5.74, 6) is -0.0944. The van der Waals surface area contributed by atoms with Crippen LogP contribution in [-0.2, 0) is 19.4 Å². The van der Waals surface area contributed by atoms with Crippen molar-refractivity contribution in [1.29, 1.82) is 0 Å². The van der Waals surface area contributed by atoms with Crippen molar-refractivity contribution in [3.8, 4) is 0 Å². The van der Waals surface area contributed by atoms with Gasteiger partial charge in [0, 0.05) is 18.4 Å². The summed E-state index contributed by atoms with van der Waals surface area (Å²) in [7, 11) is -3.32. The van der Waals surface area contributed by atoms with Gasteiger partial charge in [0.15, 0.2) is 9.84 Å². The van der Waals surface area contributed by atoms with Gasteiger partial charge < -0.3 is 10.1 Å². The highest BCUT2D eigenvalue weighted by atomic mass is 32.2. The molecular formula is C17H21NO4S. The molecule has 1 saturated heterocycles. The van der Waals surface area contributed by atoms with Crippen molar-refractivity contribution in [2.45, 2.75) is 18.2 Å². The lowest BCUT2D eigenvalue weighted by Gasteiger charge is -2.09. The van der Waals surface area contributed by atoms with Gasteiger partial charge in [-0.2, -0.15) is 0 Å². The van der Waals surface area contributed by atoms with Crippen LogP contribution in [0.3, 0.4) is 0 Å². The van der Waals surface area contributed by atoms with Crippen molar-refractivity contribution >= 4 is 21.4 Å². The van der Waals surface area contributed by atoms with Gasteiger partial charge in [-0.15, -0.1) is 0 Å². The van der Waals surface area contributed by atoms with Gasteiger partial charge in [-0.25, -0.2) is 8.42 Å². The van der Waals surface area contributed by atoms with Gasteiger partial charge in [-0.1, -0.05) is 18.2 Å². The first-order valence-electron chi connectivity index (χ1n) is 7.52. The SMILES string of the molecule is C/C=C/C=C/C(=O)Nc1ccc(S(=O)(=O)C[C@@H]2CCOC2)cc1. The molecule has 2 rings (SSSR count). The second-order valence-electron chi connectivity index (χ2n) is 5.41. The fourth-order valence-electron chi connectivity index (χ4n) is 2.30. The molecule has 1 heterocycles. The zero-order valence-electron chi connectivity index (χ0n) is 13.1. The Morgan fingerprint density at radius 1 is 1.30 bits per heavy atom. The molecule has 0 saturated carbocycles. The Balaban J connectivity index is 1.99. The predicted octanol–water partition coefficient (Wildman–Crippen LogP) is 2.57. The van der Waals surface area contributed by atoms with E-state index in [0.29, 0.717) is 18.9 Å². The number of ether oxygens (including phenoxy) is 1. The lowest BCUT2D eigenvalue weighted by Crippen LogP contribution is -2.16. The smallest absolute Gasteiger partial charge is 0.248 e. The normalized spacial score (nSPS) is 18.7. The van der Waals surface area contributed by atoms with Crippen molar-refractivity contribution in [2.75, 3.05) is 24.3 Å². The van der Waals surface area contributed by atoms with Crippen LogP contribution >= 0.6 is 0 Å². The van der Waals surface area contributed by atoms with Crippen molar-refractivity contribution in [3.05, 3.63) is 48.6 Å². The molecular weight excluding hydrogens is 314 g/mol. The maximum absolute atomic E-state index is 12.3. The van der Waals surface area contributed by atoms with Gasteiger partial charge >= 0.3 is 0 Å². The molecule has 6 heteroatoms. The molecule has 1 aromatic carbocycles. The molecule has 1 aliphatic rings. The van der Waals surface area contributed by atoms with Crippen LogP contribution in [0.25, 0.3) is 0 Å². The molecule has 0 unspecified atom stereocenters. The summed E-state index contributed by atoms with van der Waals surface area (Å²) in [6.45, 7) is 3.00. The summed E-state index contributed by atoms with van der Waals surface area (Å²) in [6.07, 6.45) is 7.40. The van der Waals surface area contributed by atoms with Gasteiger partial charge in [0.25, 0.3) is 0 Å². The van der Waals surface area contributed by atoms with Crippen molar-refractivity contribution in [2.24, 2.45) is 5.92 Å². The summed E-state index contributed by atoms with van der Waals surface area (Å²) < 4.78 is 29.9. The summed E-state index contributed by atoms with van der Waals surface area (Å²) in [5.41, 5.74) is 0.559. The third-order valence-corrected chi connectivity index (χ3v) is 5.41. The number of hydrogen-bond donors (Lipinski definition) is 1. The zero-order valence-corrected chi connectivity index (χ0v) is 13.9. The maximum atomic E-state index is 12.3. The Hall–Kier alpha value is -1.92. The van der Waals surface area contributed by atoms with E-state index in [1.54, 1.807) is 24.3 Å². The molecule has 1 atom stereocenters. The Kier molecular flexibility index (Phi) is 6.12. The highest BCUT2D eigenvalue weighted by Crippen LogP contribution is 2.21. The van der Waals surface area contributed by atoms with E-state index in [-0.39, 0.29) is 22.5 Å². The van der Waals surface area contributed by atoms with Gasteiger partial charge in [0.05, 0.1) is 17.3 Å². The van der Waals surface area contributed by atoms with Crippen LogP contribution in [0.2, 0.25) is 0 Å². The zero-order chi connectivity index (χ0) is 16.7. The van der Waals surface area contributed by atoms with E-state index in [2.05, 4.69) is 5.32 Å². The standard InChI is InChI=1S/C17H21NO4S/c1-2-3-4-5-17(19)18-15-6-8-16(9-7-15)23(20,21)13-14-10-11-22-12-14/h2-9,14H,10-13H2,1H3,(H,18,19)/b3-2+,5-4+/t14-/m1/s1. The molecule has 1 amide bonds. The van der Waals surface area contributed by atoms with Crippen LogP contribution in [0.4, 0.5) is 5.69 Å². The van der Waals surface area contributed by atoms with Crippen molar-refractivity contribution < 1.29 is 17.9 Å². The number of allylic oxidation sites excluding steroid dienone is 3. The van der Waals surface area contributed by atoms with Gasteiger partial charge in [-0.3, -0.25) is 4.79 Å². The van der Waals surface area contributed by atoms with Crippen LogP contribution in [0.1, 0.15) is 13.3 Å². The minimum Gasteiger partial charge on any atom is -0.381 e. The van der Waals surface area contributed by atoms with Crippen LogP contribution in [-0.4, -0.2) is 33.3 Å². The van der Waals surface area contributed by atoms with Crippen molar-refractivity contribution in [1.82, 2.24) is 0 Å². The van der Waals surface area contributed by atoms with E-state index >= 15 is 0 Å². The first-order chi connectivity index (χ1) is 11.0. The summed E-state index contributed by atoms with van der Waals surface area (Å²) >= 11 is 0.